The minimum Gasteiger partial charge on any atom is -0.477 e. The molecule has 3 rings (SSSR count). The number of amides is 1. The highest BCUT2D eigenvalue weighted by molar-refractivity contribution is 6.35. The van der Waals surface area contributed by atoms with Gasteiger partial charge in [-0.25, -0.2) is 14.6 Å². The maximum Gasteiger partial charge on any atom is 0.416 e. The molecule has 8 nitrogen and oxygen atoms in total. The molecule has 0 saturated carbocycles. The quantitative estimate of drug-likeness (QED) is 0.676. The van der Waals surface area contributed by atoms with Gasteiger partial charge in [-0.15, -0.1) is 0 Å². The average Bonchev–Trinajstić information content (AvgIpc) is 3.15. The summed E-state index contributed by atoms with van der Waals surface area (Å²) in [5, 5.41) is 14.5. The van der Waals surface area contributed by atoms with Gasteiger partial charge in [-0.05, 0) is 51.5 Å². The number of fused-ring (bicyclic) bond motifs is 1. The van der Waals surface area contributed by atoms with E-state index in [2.05, 4.69) is 10.1 Å². The molecule has 0 spiro atoms. The Balaban J connectivity index is 1.64. The third-order valence-electron chi connectivity index (χ3n) is 4.64. The van der Waals surface area contributed by atoms with Crippen molar-refractivity contribution in [1.29, 1.82) is 0 Å². The highest BCUT2D eigenvalue weighted by Gasteiger charge is 2.27. The summed E-state index contributed by atoms with van der Waals surface area (Å²) in [6, 6.07) is 9.72. The van der Waals surface area contributed by atoms with Gasteiger partial charge in [0, 0.05) is 24.5 Å². The van der Waals surface area contributed by atoms with Crippen molar-refractivity contribution in [3.63, 3.8) is 0 Å². The van der Waals surface area contributed by atoms with E-state index in [0.29, 0.717) is 31.6 Å². The lowest BCUT2D eigenvalue weighted by molar-refractivity contribution is -0.129. The number of aromatic nitrogens is 1. The van der Waals surface area contributed by atoms with Gasteiger partial charge in [-0.1, -0.05) is 29.4 Å². The first-order valence-electron chi connectivity index (χ1n) is 10.0. The van der Waals surface area contributed by atoms with Crippen LogP contribution < -0.4 is 4.90 Å². The van der Waals surface area contributed by atoms with Crippen molar-refractivity contribution < 1.29 is 24.3 Å². The van der Waals surface area contributed by atoms with Crippen LogP contribution in [0.25, 0.3) is 10.8 Å². The number of benzene rings is 1. The van der Waals surface area contributed by atoms with E-state index in [-0.39, 0.29) is 11.8 Å². The molecule has 1 aromatic heterocycles. The number of oxime groups is 1. The molecule has 30 heavy (non-hydrogen) atoms. The number of anilines is 1. The number of carbonyl (C=O) groups excluding carboxylic acids is 1. The molecular weight excluding hydrogens is 386 g/mol. The van der Waals surface area contributed by atoms with Crippen LogP contribution in [-0.2, 0) is 14.4 Å². The Kier molecular flexibility index (Phi) is 6.54. The lowest BCUT2D eigenvalue weighted by atomic mass is 10.1. The fourth-order valence-corrected chi connectivity index (χ4v) is 3.19. The van der Waals surface area contributed by atoms with Gasteiger partial charge in [0.05, 0.1) is 0 Å². The molecule has 1 aliphatic rings. The maximum atomic E-state index is 12.8. The zero-order chi connectivity index (χ0) is 21.7. The van der Waals surface area contributed by atoms with Crippen LogP contribution in [0.3, 0.4) is 0 Å². The molecule has 1 aliphatic heterocycles. The average molecular weight is 413 g/mol. The first kappa shape index (κ1) is 21.5. The number of hydrogen-bond acceptors (Lipinski definition) is 6. The first-order chi connectivity index (χ1) is 14.2. The Labute approximate surface area is 175 Å². The van der Waals surface area contributed by atoms with E-state index < -0.39 is 17.7 Å². The summed E-state index contributed by atoms with van der Waals surface area (Å²) in [5.41, 5.74) is -0.565. The highest BCUT2D eigenvalue weighted by atomic mass is 16.6. The minimum atomic E-state index is -1.05. The normalized spacial score (nSPS) is 16.1. The van der Waals surface area contributed by atoms with Gasteiger partial charge in [0.25, 0.3) is 0 Å². The van der Waals surface area contributed by atoms with Gasteiger partial charge >= 0.3 is 12.1 Å². The van der Waals surface area contributed by atoms with Crippen molar-refractivity contribution in [3.8, 4) is 0 Å². The van der Waals surface area contributed by atoms with Crippen LogP contribution in [0.5, 0.6) is 0 Å². The Bertz CT molecular complexity index is 951. The number of unbranched alkanes of at least 4 members (excludes halogenated alkanes) is 1. The highest BCUT2D eigenvalue weighted by Crippen LogP contribution is 2.23. The van der Waals surface area contributed by atoms with Crippen molar-refractivity contribution >= 4 is 34.4 Å². The van der Waals surface area contributed by atoms with E-state index in [1.165, 1.54) is 0 Å². The summed E-state index contributed by atoms with van der Waals surface area (Å²) in [4.78, 5) is 34.9. The predicted octanol–water partition coefficient (Wildman–Crippen LogP) is 4.38. The molecule has 1 unspecified atom stereocenters. The molecule has 0 saturated heterocycles. The summed E-state index contributed by atoms with van der Waals surface area (Å²) in [6.07, 6.45) is 3.48. The first-order valence-corrected chi connectivity index (χ1v) is 10.0. The SMILES string of the molecule is CC(C)(C)OC(=O)N(CCCCC1CC(C(=O)O)=NO1)c1cc2ccccc2cn1. The second-order valence-electron chi connectivity index (χ2n) is 8.29. The van der Waals surface area contributed by atoms with Gasteiger partial charge < -0.3 is 14.7 Å². The predicted molar refractivity (Wildman–Crippen MR) is 114 cm³/mol. The molecule has 1 amide bonds. The van der Waals surface area contributed by atoms with E-state index >= 15 is 0 Å². The minimum absolute atomic E-state index is 0.0516. The van der Waals surface area contributed by atoms with Crippen molar-refractivity contribution in [2.75, 3.05) is 11.4 Å². The van der Waals surface area contributed by atoms with Gasteiger partial charge in [-0.3, -0.25) is 4.90 Å². The van der Waals surface area contributed by atoms with E-state index in [4.69, 9.17) is 14.7 Å². The fraction of sp³-hybridized carbons (Fsp3) is 0.455. The summed E-state index contributed by atoms with van der Waals surface area (Å²) in [5.74, 6) is -0.507. The van der Waals surface area contributed by atoms with Crippen LogP contribution in [0.15, 0.2) is 41.7 Å². The largest absolute Gasteiger partial charge is 0.477 e. The molecule has 0 bridgehead atoms. The summed E-state index contributed by atoms with van der Waals surface area (Å²) >= 11 is 0. The van der Waals surface area contributed by atoms with Crippen LogP contribution in [0, 0.1) is 0 Å². The van der Waals surface area contributed by atoms with E-state index in [1.807, 2.05) is 51.1 Å². The fourth-order valence-electron chi connectivity index (χ4n) is 3.19. The number of hydrogen-bond donors (Lipinski definition) is 1. The standard InChI is InChI=1S/C22H27N3O5/c1-22(2,3)29-21(28)25(19-12-15-8-4-5-9-16(15)14-23-19)11-7-6-10-17-13-18(20(26)27)24-30-17/h4-5,8-9,12,14,17H,6-7,10-11,13H2,1-3H3,(H,26,27). The second kappa shape index (κ2) is 9.11. The van der Waals surface area contributed by atoms with Gasteiger partial charge in [0.15, 0.2) is 5.71 Å². The number of nitrogens with zero attached hydrogens (tertiary/aromatic N) is 3. The van der Waals surface area contributed by atoms with E-state index in [0.717, 1.165) is 17.2 Å². The van der Waals surface area contributed by atoms with Gasteiger partial charge in [0.2, 0.25) is 0 Å². The van der Waals surface area contributed by atoms with Crippen LogP contribution in [0.4, 0.5) is 10.6 Å². The Hall–Kier alpha value is -3.16. The van der Waals surface area contributed by atoms with Crippen LogP contribution in [-0.4, -0.2) is 46.1 Å². The Morgan fingerprint density at radius 2 is 1.97 bits per heavy atom. The molecule has 8 heteroatoms. The van der Waals surface area contributed by atoms with Crippen molar-refractivity contribution in [2.45, 2.75) is 58.2 Å². The number of carboxylic acid groups (broad SMARTS) is 1. The summed E-state index contributed by atoms with van der Waals surface area (Å²) in [7, 11) is 0. The molecule has 0 fully saturated rings. The number of carboxylic acids is 1. The lowest BCUT2D eigenvalue weighted by Gasteiger charge is -2.27. The topological polar surface area (TPSA) is 101 Å². The van der Waals surface area contributed by atoms with Crippen molar-refractivity contribution in [2.24, 2.45) is 5.16 Å². The van der Waals surface area contributed by atoms with E-state index in [1.54, 1.807) is 11.1 Å². The maximum absolute atomic E-state index is 12.8. The zero-order valence-corrected chi connectivity index (χ0v) is 17.5. The molecule has 1 N–H and O–H groups in total. The molecule has 1 aromatic carbocycles. The van der Waals surface area contributed by atoms with Gasteiger partial charge in [-0.2, -0.15) is 0 Å². The molecule has 0 radical (unpaired) electrons. The number of carbonyl (C=O) groups is 2. The molecule has 1 atom stereocenters. The van der Waals surface area contributed by atoms with Crippen LogP contribution in [0.1, 0.15) is 46.5 Å². The van der Waals surface area contributed by atoms with Gasteiger partial charge in [0.1, 0.15) is 17.5 Å². The number of aliphatic carboxylic acids is 1. The summed E-state index contributed by atoms with van der Waals surface area (Å²) in [6.45, 7) is 5.91. The molecule has 160 valence electrons. The molecule has 2 aromatic rings. The monoisotopic (exact) mass is 413 g/mol. The number of pyridine rings is 1. The smallest absolute Gasteiger partial charge is 0.416 e. The second-order valence-corrected chi connectivity index (χ2v) is 8.29. The zero-order valence-electron chi connectivity index (χ0n) is 17.5. The third-order valence-corrected chi connectivity index (χ3v) is 4.64. The van der Waals surface area contributed by atoms with Crippen LogP contribution in [0.2, 0.25) is 0 Å². The third kappa shape index (κ3) is 5.68. The van der Waals surface area contributed by atoms with Crippen molar-refractivity contribution in [3.05, 3.63) is 36.5 Å². The molecular formula is C22H27N3O5. The number of ether oxygens (including phenoxy) is 1. The van der Waals surface area contributed by atoms with E-state index in [9.17, 15) is 9.59 Å². The Morgan fingerprint density at radius 3 is 2.63 bits per heavy atom. The molecule has 0 aliphatic carbocycles. The number of rotatable bonds is 7. The molecule has 2 heterocycles. The lowest BCUT2D eigenvalue weighted by Crippen LogP contribution is -2.38. The van der Waals surface area contributed by atoms with Crippen molar-refractivity contribution in [1.82, 2.24) is 4.98 Å². The van der Waals surface area contributed by atoms with Crippen LogP contribution >= 0.6 is 0 Å². The summed E-state index contributed by atoms with van der Waals surface area (Å²) < 4.78 is 5.58. The Morgan fingerprint density at radius 1 is 1.23 bits per heavy atom.